The van der Waals surface area contributed by atoms with Crippen LogP contribution in [-0.4, -0.2) is 35.2 Å². The fourth-order valence-corrected chi connectivity index (χ4v) is 3.49. The van der Waals surface area contributed by atoms with Crippen molar-refractivity contribution < 1.29 is 13.2 Å². The summed E-state index contributed by atoms with van der Waals surface area (Å²) in [5.74, 6) is 0.943. The summed E-state index contributed by atoms with van der Waals surface area (Å²) in [4.78, 5) is 0.196. The molecule has 0 aliphatic carbocycles. The van der Waals surface area contributed by atoms with Crippen molar-refractivity contribution in [2.24, 2.45) is 5.92 Å². The lowest BCUT2D eigenvalue weighted by Crippen LogP contribution is -2.27. The van der Waals surface area contributed by atoms with Gasteiger partial charge in [-0.25, -0.2) is 13.1 Å². The second-order valence-corrected chi connectivity index (χ2v) is 6.43. The average molecular weight is 284 g/mol. The van der Waals surface area contributed by atoms with Crippen molar-refractivity contribution in [3.63, 3.8) is 0 Å². The van der Waals surface area contributed by atoms with Gasteiger partial charge in [-0.2, -0.15) is 0 Å². The molecule has 1 heterocycles. The van der Waals surface area contributed by atoms with E-state index in [9.17, 15) is 8.42 Å². The van der Waals surface area contributed by atoms with Crippen molar-refractivity contribution in [2.45, 2.75) is 17.7 Å². The summed E-state index contributed by atoms with van der Waals surface area (Å²) in [7, 11) is -2.02. The van der Waals surface area contributed by atoms with Crippen LogP contribution >= 0.6 is 0 Å². The number of sulfonamides is 1. The Labute approximate surface area is 114 Å². The third-order valence-electron chi connectivity index (χ3n) is 3.37. The normalized spacial score (nSPS) is 19.5. The Kier molecular flexibility index (Phi) is 4.79. The number of ether oxygens (including phenoxy) is 1. The zero-order valence-electron chi connectivity index (χ0n) is 11.1. The smallest absolute Gasteiger partial charge is 0.244 e. The fourth-order valence-electron chi connectivity index (χ4n) is 2.28. The first kappa shape index (κ1) is 14.3. The van der Waals surface area contributed by atoms with Gasteiger partial charge in [-0.05, 0) is 44.0 Å². The van der Waals surface area contributed by atoms with E-state index < -0.39 is 10.0 Å². The molecule has 1 fully saturated rings. The molecule has 1 aliphatic heterocycles. The second kappa shape index (κ2) is 6.36. The van der Waals surface area contributed by atoms with E-state index in [1.807, 2.05) is 0 Å². The standard InChI is InChI=1S/C13H20N2O3S/c1-18-12-4-2-3-5-13(12)19(16,17)15-9-7-11-6-8-14-10-11/h2-5,11,14-15H,6-10H2,1H3/t11-/m1/s1. The maximum absolute atomic E-state index is 12.2. The lowest BCUT2D eigenvalue weighted by Gasteiger charge is -2.12. The minimum absolute atomic E-state index is 0.196. The van der Waals surface area contributed by atoms with Crippen LogP contribution in [-0.2, 0) is 10.0 Å². The van der Waals surface area contributed by atoms with Gasteiger partial charge in [0.2, 0.25) is 10.0 Å². The Balaban J connectivity index is 1.97. The summed E-state index contributed by atoms with van der Waals surface area (Å²) in [6, 6.07) is 6.65. The van der Waals surface area contributed by atoms with Crippen molar-refractivity contribution in [2.75, 3.05) is 26.7 Å². The lowest BCUT2D eigenvalue weighted by molar-refractivity contribution is 0.402. The SMILES string of the molecule is COc1ccccc1S(=O)(=O)NCC[C@H]1CCNC1. The molecule has 5 nitrogen and oxygen atoms in total. The number of para-hydroxylation sites is 1. The van der Waals surface area contributed by atoms with Gasteiger partial charge < -0.3 is 10.1 Å². The molecular weight excluding hydrogens is 264 g/mol. The molecule has 1 atom stereocenters. The molecule has 2 N–H and O–H groups in total. The van der Waals surface area contributed by atoms with E-state index in [2.05, 4.69) is 10.0 Å². The van der Waals surface area contributed by atoms with Crippen molar-refractivity contribution in [3.8, 4) is 5.75 Å². The Morgan fingerprint density at radius 2 is 2.21 bits per heavy atom. The summed E-state index contributed by atoms with van der Waals surface area (Å²) >= 11 is 0. The van der Waals surface area contributed by atoms with Crippen LogP contribution in [0.3, 0.4) is 0 Å². The van der Waals surface area contributed by atoms with Crippen LogP contribution in [0.1, 0.15) is 12.8 Å². The molecule has 19 heavy (non-hydrogen) atoms. The molecule has 1 aromatic rings. The van der Waals surface area contributed by atoms with Crippen LogP contribution in [0.25, 0.3) is 0 Å². The molecule has 0 saturated carbocycles. The van der Waals surface area contributed by atoms with E-state index in [1.54, 1.807) is 24.3 Å². The number of nitrogens with one attached hydrogen (secondary N) is 2. The minimum Gasteiger partial charge on any atom is -0.495 e. The number of methoxy groups -OCH3 is 1. The Hall–Kier alpha value is -1.11. The molecule has 2 rings (SSSR count). The van der Waals surface area contributed by atoms with E-state index in [4.69, 9.17) is 4.74 Å². The molecule has 106 valence electrons. The monoisotopic (exact) mass is 284 g/mol. The maximum atomic E-state index is 12.2. The predicted molar refractivity (Wildman–Crippen MR) is 73.8 cm³/mol. The molecule has 0 unspecified atom stereocenters. The Morgan fingerprint density at radius 1 is 1.42 bits per heavy atom. The van der Waals surface area contributed by atoms with Crippen LogP contribution in [0.5, 0.6) is 5.75 Å². The van der Waals surface area contributed by atoms with Crippen LogP contribution in [0.4, 0.5) is 0 Å². The van der Waals surface area contributed by atoms with Gasteiger partial charge in [-0.3, -0.25) is 0 Å². The van der Waals surface area contributed by atoms with Crippen molar-refractivity contribution in [1.29, 1.82) is 0 Å². The summed E-state index contributed by atoms with van der Waals surface area (Å²) in [6.07, 6.45) is 1.98. The lowest BCUT2D eigenvalue weighted by atomic mass is 10.1. The van der Waals surface area contributed by atoms with E-state index in [0.29, 0.717) is 18.2 Å². The second-order valence-electron chi connectivity index (χ2n) is 4.70. The third-order valence-corrected chi connectivity index (χ3v) is 4.87. The number of rotatable bonds is 6. The molecule has 0 aromatic heterocycles. The highest BCUT2D eigenvalue weighted by Crippen LogP contribution is 2.22. The van der Waals surface area contributed by atoms with Gasteiger partial charge in [-0.15, -0.1) is 0 Å². The van der Waals surface area contributed by atoms with Gasteiger partial charge in [0.05, 0.1) is 7.11 Å². The molecule has 0 bridgehead atoms. The molecule has 1 aliphatic rings. The number of hydrogen-bond acceptors (Lipinski definition) is 4. The van der Waals surface area contributed by atoms with Gasteiger partial charge in [0.25, 0.3) is 0 Å². The van der Waals surface area contributed by atoms with E-state index in [-0.39, 0.29) is 4.90 Å². The predicted octanol–water partition coefficient (Wildman–Crippen LogP) is 0.973. The van der Waals surface area contributed by atoms with Crippen LogP contribution < -0.4 is 14.8 Å². The van der Waals surface area contributed by atoms with Crippen molar-refractivity contribution >= 4 is 10.0 Å². The molecule has 1 saturated heterocycles. The molecule has 6 heteroatoms. The largest absolute Gasteiger partial charge is 0.495 e. The summed E-state index contributed by atoms with van der Waals surface area (Å²) in [5.41, 5.74) is 0. The highest BCUT2D eigenvalue weighted by atomic mass is 32.2. The molecular formula is C13H20N2O3S. The Morgan fingerprint density at radius 3 is 2.89 bits per heavy atom. The first-order chi connectivity index (χ1) is 9.13. The van der Waals surface area contributed by atoms with Gasteiger partial charge in [-0.1, -0.05) is 12.1 Å². The van der Waals surface area contributed by atoms with E-state index in [0.717, 1.165) is 25.9 Å². The summed E-state index contributed by atoms with van der Waals surface area (Å²) in [6.45, 7) is 2.48. The summed E-state index contributed by atoms with van der Waals surface area (Å²) < 4.78 is 32.1. The zero-order valence-corrected chi connectivity index (χ0v) is 11.9. The van der Waals surface area contributed by atoms with Gasteiger partial charge in [0.1, 0.15) is 10.6 Å². The molecule has 1 aromatic carbocycles. The Bertz CT molecular complexity index is 510. The zero-order chi connectivity index (χ0) is 13.7. The quantitative estimate of drug-likeness (QED) is 0.817. The van der Waals surface area contributed by atoms with Crippen molar-refractivity contribution in [1.82, 2.24) is 10.0 Å². The van der Waals surface area contributed by atoms with Gasteiger partial charge in [0.15, 0.2) is 0 Å². The van der Waals surface area contributed by atoms with Crippen LogP contribution in [0.2, 0.25) is 0 Å². The van der Waals surface area contributed by atoms with Crippen LogP contribution in [0.15, 0.2) is 29.2 Å². The first-order valence-electron chi connectivity index (χ1n) is 6.47. The van der Waals surface area contributed by atoms with Crippen molar-refractivity contribution in [3.05, 3.63) is 24.3 Å². The highest BCUT2D eigenvalue weighted by molar-refractivity contribution is 7.89. The van der Waals surface area contributed by atoms with E-state index in [1.165, 1.54) is 7.11 Å². The summed E-state index contributed by atoms with van der Waals surface area (Å²) in [5, 5.41) is 3.27. The topological polar surface area (TPSA) is 67.4 Å². The van der Waals surface area contributed by atoms with Crippen LogP contribution in [0, 0.1) is 5.92 Å². The molecule has 0 spiro atoms. The minimum atomic E-state index is -3.49. The van der Waals surface area contributed by atoms with E-state index >= 15 is 0 Å². The fraction of sp³-hybridized carbons (Fsp3) is 0.538. The van der Waals surface area contributed by atoms with Gasteiger partial charge >= 0.3 is 0 Å². The third kappa shape index (κ3) is 3.68. The average Bonchev–Trinajstić information content (AvgIpc) is 2.91. The first-order valence-corrected chi connectivity index (χ1v) is 7.95. The number of benzene rings is 1. The molecule has 0 radical (unpaired) electrons. The maximum Gasteiger partial charge on any atom is 0.244 e. The highest BCUT2D eigenvalue weighted by Gasteiger charge is 2.20. The molecule has 0 amide bonds. The number of hydrogen-bond donors (Lipinski definition) is 2. The van der Waals surface area contributed by atoms with Gasteiger partial charge in [0, 0.05) is 6.54 Å².